The lowest BCUT2D eigenvalue weighted by Gasteiger charge is -2.26. The van der Waals surface area contributed by atoms with E-state index >= 15 is 0 Å². The molecule has 1 atom stereocenters. The van der Waals surface area contributed by atoms with E-state index in [-0.39, 0.29) is 11.9 Å². The maximum absolute atomic E-state index is 11.7. The molecule has 1 aliphatic heterocycles. The van der Waals surface area contributed by atoms with Crippen molar-refractivity contribution in [1.82, 2.24) is 10.2 Å². The standard InChI is InChI=1S/C10H18N2O/c1-8(2)10(13)12-6-4-5-11-7-9(12)3/h9,11H,1,4-7H2,2-3H3. The van der Waals surface area contributed by atoms with E-state index in [9.17, 15) is 4.79 Å². The first-order valence-corrected chi connectivity index (χ1v) is 4.80. The Bertz CT molecular complexity index is 213. The molecule has 74 valence electrons. The number of carbonyl (C=O) groups excluding carboxylic acids is 1. The van der Waals surface area contributed by atoms with Crippen molar-refractivity contribution in [2.75, 3.05) is 19.6 Å². The van der Waals surface area contributed by atoms with Crippen LogP contribution in [0.2, 0.25) is 0 Å². The fourth-order valence-electron chi connectivity index (χ4n) is 1.56. The summed E-state index contributed by atoms with van der Waals surface area (Å²) in [5.74, 6) is 0.0937. The number of carbonyl (C=O) groups is 1. The smallest absolute Gasteiger partial charge is 0.249 e. The summed E-state index contributed by atoms with van der Waals surface area (Å²) in [4.78, 5) is 13.6. The molecule has 1 rings (SSSR count). The quantitative estimate of drug-likeness (QED) is 0.608. The average molecular weight is 182 g/mol. The number of rotatable bonds is 1. The SMILES string of the molecule is C=C(C)C(=O)N1CCCNCC1C. The molecule has 1 saturated heterocycles. The molecule has 0 bridgehead atoms. The summed E-state index contributed by atoms with van der Waals surface area (Å²) in [7, 11) is 0. The van der Waals surface area contributed by atoms with Crippen molar-refractivity contribution in [2.45, 2.75) is 26.3 Å². The molecule has 1 unspecified atom stereocenters. The average Bonchev–Trinajstić information content (AvgIpc) is 2.28. The van der Waals surface area contributed by atoms with E-state index in [0.717, 1.165) is 26.1 Å². The van der Waals surface area contributed by atoms with Crippen LogP contribution in [0.25, 0.3) is 0 Å². The molecule has 1 fully saturated rings. The first-order chi connectivity index (χ1) is 6.13. The van der Waals surface area contributed by atoms with Crippen LogP contribution in [-0.4, -0.2) is 36.5 Å². The molecule has 0 saturated carbocycles. The number of hydrogen-bond acceptors (Lipinski definition) is 2. The van der Waals surface area contributed by atoms with Crippen molar-refractivity contribution in [3.05, 3.63) is 12.2 Å². The third-order valence-corrected chi connectivity index (χ3v) is 2.35. The third-order valence-electron chi connectivity index (χ3n) is 2.35. The van der Waals surface area contributed by atoms with Gasteiger partial charge in [-0.05, 0) is 26.8 Å². The van der Waals surface area contributed by atoms with Gasteiger partial charge in [-0.3, -0.25) is 4.79 Å². The zero-order valence-electron chi connectivity index (χ0n) is 8.47. The second-order valence-electron chi connectivity index (χ2n) is 3.69. The Morgan fingerprint density at radius 2 is 2.31 bits per heavy atom. The van der Waals surface area contributed by atoms with Crippen LogP contribution in [0.5, 0.6) is 0 Å². The summed E-state index contributed by atoms with van der Waals surface area (Å²) in [5.41, 5.74) is 0.633. The highest BCUT2D eigenvalue weighted by Gasteiger charge is 2.21. The summed E-state index contributed by atoms with van der Waals surface area (Å²) < 4.78 is 0. The van der Waals surface area contributed by atoms with Crippen LogP contribution in [0.4, 0.5) is 0 Å². The molecule has 1 heterocycles. The molecule has 0 aromatic heterocycles. The van der Waals surface area contributed by atoms with E-state index in [4.69, 9.17) is 0 Å². The van der Waals surface area contributed by atoms with Crippen molar-refractivity contribution in [2.24, 2.45) is 0 Å². The largest absolute Gasteiger partial charge is 0.335 e. The molecule has 0 aromatic rings. The Morgan fingerprint density at radius 3 is 2.92 bits per heavy atom. The minimum atomic E-state index is 0.0937. The van der Waals surface area contributed by atoms with E-state index in [2.05, 4.69) is 18.8 Å². The third kappa shape index (κ3) is 2.56. The monoisotopic (exact) mass is 182 g/mol. The second-order valence-corrected chi connectivity index (χ2v) is 3.69. The van der Waals surface area contributed by atoms with Crippen LogP contribution in [-0.2, 0) is 4.79 Å². The lowest BCUT2D eigenvalue weighted by molar-refractivity contribution is -0.128. The molecule has 1 N–H and O–H groups in total. The van der Waals surface area contributed by atoms with Crippen LogP contribution >= 0.6 is 0 Å². The Morgan fingerprint density at radius 1 is 1.62 bits per heavy atom. The fourth-order valence-corrected chi connectivity index (χ4v) is 1.56. The molecule has 3 heteroatoms. The number of nitrogens with one attached hydrogen (secondary N) is 1. The minimum Gasteiger partial charge on any atom is -0.335 e. The molecule has 0 aliphatic carbocycles. The van der Waals surface area contributed by atoms with Crippen LogP contribution in [0.15, 0.2) is 12.2 Å². The lowest BCUT2D eigenvalue weighted by Crippen LogP contribution is -2.41. The van der Waals surface area contributed by atoms with Gasteiger partial charge in [0.1, 0.15) is 0 Å². The Balaban J connectivity index is 2.64. The van der Waals surface area contributed by atoms with E-state index < -0.39 is 0 Å². The van der Waals surface area contributed by atoms with Crippen molar-refractivity contribution in [1.29, 1.82) is 0 Å². The first-order valence-electron chi connectivity index (χ1n) is 4.80. The summed E-state index contributed by atoms with van der Waals surface area (Å²) in [6, 6.07) is 0.284. The summed E-state index contributed by atoms with van der Waals surface area (Å²) >= 11 is 0. The Kier molecular flexibility index (Phi) is 3.48. The molecule has 3 nitrogen and oxygen atoms in total. The molecule has 13 heavy (non-hydrogen) atoms. The van der Waals surface area contributed by atoms with E-state index in [1.54, 1.807) is 6.92 Å². The van der Waals surface area contributed by atoms with Crippen LogP contribution in [0.3, 0.4) is 0 Å². The zero-order valence-corrected chi connectivity index (χ0v) is 8.47. The fraction of sp³-hybridized carbons (Fsp3) is 0.700. The molecule has 0 spiro atoms. The van der Waals surface area contributed by atoms with Gasteiger partial charge in [0, 0.05) is 24.7 Å². The Labute approximate surface area is 79.8 Å². The van der Waals surface area contributed by atoms with Crippen molar-refractivity contribution in [3.63, 3.8) is 0 Å². The first kappa shape index (κ1) is 10.3. The normalized spacial score (nSPS) is 23.8. The van der Waals surface area contributed by atoms with Crippen molar-refractivity contribution >= 4 is 5.91 Å². The van der Waals surface area contributed by atoms with Gasteiger partial charge in [0.25, 0.3) is 0 Å². The van der Waals surface area contributed by atoms with E-state index in [1.165, 1.54) is 0 Å². The van der Waals surface area contributed by atoms with Gasteiger partial charge < -0.3 is 10.2 Å². The molecule has 0 radical (unpaired) electrons. The van der Waals surface area contributed by atoms with E-state index in [1.807, 2.05) is 4.90 Å². The van der Waals surface area contributed by atoms with Crippen molar-refractivity contribution < 1.29 is 4.79 Å². The van der Waals surface area contributed by atoms with Gasteiger partial charge in [-0.2, -0.15) is 0 Å². The van der Waals surface area contributed by atoms with Gasteiger partial charge in [0.2, 0.25) is 5.91 Å². The number of amides is 1. The van der Waals surface area contributed by atoms with Crippen LogP contribution in [0.1, 0.15) is 20.3 Å². The summed E-state index contributed by atoms with van der Waals surface area (Å²) in [6.45, 7) is 10.3. The predicted molar refractivity (Wildman–Crippen MR) is 53.5 cm³/mol. The number of nitrogens with zero attached hydrogens (tertiary/aromatic N) is 1. The molecule has 1 amide bonds. The maximum atomic E-state index is 11.7. The highest BCUT2D eigenvalue weighted by molar-refractivity contribution is 5.92. The van der Waals surface area contributed by atoms with Crippen LogP contribution < -0.4 is 5.32 Å². The molecule has 1 aliphatic rings. The van der Waals surface area contributed by atoms with Gasteiger partial charge in [-0.25, -0.2) is 0 Å². The Hall–Kier alpha value is -0.830. The minimum absolute atomic E-state index is 0.0937. The summed E-state index contributed by atoms with van der Waals surface area (Å²) in [6.07, 6.45) is 1.03. The lowest BCUT2D eigenvalue weighted by atomic mass is 10.2. The molecular weight excluding hydrogens is 164 g/mol. The van der Waals surface area contributed by atoms with E-state index in [0.29, 0.717) is 5.57 Å². The van der Waals surface area contributed by atoms with Crippen molar-refractivity contribution in [3.8, 4) is 0 Å². The zero-order chi connectivity index (χ0) is 9.84. The van der Waals surface area contributed by atoms with Crippen LogP contribution in [0, 0.1) is 0 Å². The number of hydrogen-bond donors (Lipinski definition) is 1. The van der Waals surface area contributed by atoms with Gasteiger partial charge in [-0.15, -0.1) is 0 Å². The molecule has 0 aromatic carbocycles. The topological polar surface area (TPSA) is 32.3 Å². The predicted octanol–water partition coefficient (Wildman–Crippen LogP) is 0.773. The molecular formula is C10H18N2O. The van der Waals surface area contributed by atoms with Gasteiger partial charge in [-0.1, -0.05) is 6.58 Å². The van der Waals surface area contributed by atoms with Gasteiger partial charge in [0.15, 0.2) is 0 Å². The van der Waals surface area contributed by atoms with Gasteiger partial charge in [0.05, 0.1) is 0 Å². The maximum Gasteiger partial charge on any atom is 0.249 e. The second kappa shape index (κ2) is 4.42. The van der Waals surface area contributed by atoms with Gasteiger partial charge >= 0.3 is 0 Å². The summed E-state index contributed by atoms with van der Waals surface area (Å²) in [5, 5.41) is 3.30. The highest BCUT2D eigenvalue weighted by atomic mass is 16.2. The highest BCUT2D eigenvalue weighted by Crippen LogP contribution is 2.07.